The predicted octanol–water partition coefficient (Wildman–Crippen LogP) is 2.42. The van der Waals surface area contributed by atoms with Gasteiger partial charge in [-0.2, -0.15) is 8.75 Å². The molecule has 1 aromatic heterocycles. The average molecular weight is 297 g/mol. The number of nitrogens with zero attached hydrogens (tertiary/aromatic N) is 3. The summed E-state index contributed by atoms with van der Waals surface area (Å²) in [7, 11) is 0. The number of hydrogen-bond donors (Lipinski definition) is 0. The van der Waals surface area contributed by atoms with Gasteiger partial charge >= 0.3 is 0 Å². The van der Waals surface area contributed by atoms with Gasteiger partial charge in [0.05, 0.1) is 23.2 Å². The van der Waals surface area contributed by atoms with E-state index in [4.69, 9.17) is 0 Å². The highest BCUT2D eigenvalue weighted by Crippen LogP contribution is 2.41. The molecule has 1 aromatic rings. The molecule has 104 valence electrons. The van der Waals surface area contributed by atoms with Crippen LogP contribution in [0.3, 0.4) is 0 Å². The Hall–Kier alpha value is -0.460. The summed E-state index contributed by atoms with van der Waals surface area (Å²) in [5, 5.41) is 1.01. The van der Waals surface area contributed by atoms with E-state index >= 15 is 0 Å². The number of Topliss-reactive ketones (excluding diaryl/α,β-unsaturated/α-hetero) is 1. The van der Waals surface area contributed by atoms with Crippen molar-refractivity contribution in [3.05, 3.63) is 5.69 Å². The summed E-state index contributed by atoms with van der Waals surface area (Å²) in [5.74, 6) is 2.14. The van der Waals surface area contributed by atoms with Crippen LogP contribution in [0.25, 0.3) is 0 Å². The Morgan fingerprint density at radius 3 is 2.84 bits per heavy atom. The minimum atomic E-state index is 0.290. The highest BCUT2D eigenvalue weighted by molar-refractivity contribution is 8.00. The summed E-state index contributed by atoms with van der Waals surface area (Å²) in [6.45, 7) is 5.53. The molecule has 0 N–H and O–H groups in total. The van der Waals surface area contributed by atoms with Crippen molar-refractivity contribution in [1.82, 2.24) is 13.6 Å². The molecule has 3 saturated heterocycles. The van der Waals surface area contributed by atoms with Gasteiger partial charge in [0.15, 0.2) is 0 Å². The van der Waals surface area contributed by atoms with Crippen LogP contribution in [0.2, 0.25) is 0 Å². The fraction of sp³-hybridized carbons (Fsp3) is 0.769. The molecule has 0 aliphatic carbocycles. The maximum Gasteiger partial charge on any atom is 0.142 e. The lowest BCUT2D eigenvalue weighted by molar-refractivity contribution is -0.116. The Bertz CT molecular complexity index is 454. The Kier molecular flexibility index (Phi) is 4.19. The SMILES string of the molecule is CCC(=O)CSc1nsnc1C1CN2CCC1CC2. The zero-order chi connectivity index (χ0) is 13.2. The molecule has 0 aromatic carbocycles. The van der Waals surface area contributed by atoms with Crippen molar-refractivity contribution < 1.29 is 4.79 Å². The van der Waals surface area contributed by atoms with Gasteiger partial charge in [0.2, 0.25) is 0 Å². The van der Waals surface area contributed by atoms with Crippen molar-refractivity contribution in [3.8, 4) is 0 Å². The standard InChI is InChI=1S/C13H19N3OS2/c1-2-10(17)8-18-13-12(14-19-15-13)11-7-16-5-3-9(11)4-6-16/h9,11H,2-8H2,1H3. The summed E-state index contributed by atoms with van der Waals surface area (Å²) in [6, 6.07) is 0. The lowest BCUT2D eigenvalue weighted by Crippen LogP contribution is -2.46. The van der Waals surface area contributed by atoms with Crippen LogP contribution in [0, 0.1) is 5.92 Å². The number of piperidine rings is 3. The summed E-state index contributed by atoms with van der Waals surface area (Å²) in [4.78, 5) is 14.0. The van der Waals surface area contributed by atoms with Gasteiger partial charge < -0.3 is 4.90 Å². The van der Waals surface area contributed by atoms with Crippen LogP contribution in [0.15, 0.2) is 5.03 Å². The number of carbonyl (C=O) groups is 1. The monoisotopic (exact) mass is 297 g/mol. The molecule has 1 unspecified atom stereocenters. The molecule has 6 heteroatoms. The summed E-state index contributed by atoms with van der Waals surface area (Å²) >= 11 is 2.87. The van der Waals surface area contributed by atoms with Gasteiger partial charge in [-0.1, -0.05) is 18.7 Å². The number of fused-ring (bicyclic) bond motifs is 3. The third kappa shape index (κ3) is 2.85. The second-order valence-corrected chi connectivity index (χ2v) is 6.87. The number of rotatable bonds is 5. The molecule has 3 aliphatic rings. The van der Waals surface area contributed by atoms with Crippen molar-refractivity contribution in [2.45, 2.75) is 37.1 Å². The van der Waals surface area contributed by atoms with Crippen molar-refractivity contribution in [1.29, 1.82) is 0 Å². The quantitative estimate of drug-likeness (QED) is 0.781. The van der Waals surface area contributed by atoms with Crippen molar-refractivity contribution in [2.24, 2.45) is 5.92 Å². The van der Waals surface area contributed by atoms with E-state index in [1.807, 2.05) is 6.92 Å². The van der Waals surface area contributed by atoms with Crippen molar-refractivity contribution >= 4 is 29.3 Å². The molecule has 0 saturated carbocycles. The fourth-order valence-electron chi connectivity index (χ4n) is 3.04. The van der Waals surface area contributed by atoms with Crippen LogP contribution >= 0.6 is 23.5 Å². The van der Waals surface area contributed by atoms with E-state index in [1.54, 1.807) is 11.8 Å². The molecule has 19 heavy (non-hydrogen) atoms. The van der Waals surface area contributed by atoms with Gasteiger partial charge in [0, 0.05) is 18.9 Å². The van der Waals surface area contributed by atoms with E-state index in [0.29, 0.717) is 18.1 Å². The molecule has 1 atom stereocenters. The van der Waals surface area contributed by atoms with E-state index in [9.17, 15) is 4.79 Å². The maximum atomic E-state index is 11.4. The topological polar surface area (TPSA) is 46.1 Å². The lowest BCUT2D eigenvalue weighted by Gasteiger charge is -2.44. The molecule has 4 nitrogen and oxygen atoms in total. The smallest absolute Gasteiger partial charge is 0.142 e. The summed E-state index contributed by atoms with van der Waals surface area (Å²) < 4.78 is 8.94. The van der Waals surface area contributed by atoms with Gasteiger partial charge in [-0.25, -0.2) is 0 Å². The van der Waals surface area contributed by atoms with E-state index in [2.05, 4.69) is 13.6 Å². The first-order valence-corrected chi connectivity index (χ1v) is 8.68. The van der Waals surface area contributed by atoms with E-state index in [1.165, 1.54) is 37.7 Å². The first kappa shape index (κ1) is 13.5. The Morgan fingerprint density at radius 2 is 2.21 bits per heavy atom. The second kappa shape index (κ2) is 5.89. The zero-order valence-corrected chi connectivity index (χ0v) is 12.8. The third-order valence-electron chi connectivity index (χ3n) is 4.25. The number of carbonyl (C=O) groups excluding carboxylic acids is 1. The molecule has 3 aliphatic heterocycles. The molecule has 0 radical (unpaired) electrons. The molecule has 4 rings (SSSR count). The number of hydrogen-bond acceptors (Lipinski definition) is 6. The summed E-state index contributed by atoms with van der Waals surface area (Å²) in [5.41, 5.74) is 1.16. The van der Waals surface area contributed by atoms with Crippen molar-refractivity contribution in [3.63, 3.8) is 0 Å². The number of ketones is 1. The van der Waals surface area contributed by atoms with E-state index < -0.39 is 0 Å². The minimum absolute atomic E-state index is 0.290. The van der Waals surface area contributed by atoms with Gasteiger partial charge in [-0.3, -0.25) is 4.79 Å². The molecule has 0 amide bonds. The molecule has 3 fully saturated rings. The number of aromatic nitrogens is 2. The van der Waals surface area contributed by atoms with Crippen LogP contribution in [0.5, 0.6) is 0 Å². The number of thioether (sulfide) groups is 1. The van der Waals surface area contributed by atoms with Crippen LogP contribution in [0.4, 0.5) is 0 Å². The van der Waals surface area contributed by atoms with Gasteiger partial charge in [-0.15, -0.1) is 0 Å². The summed E-state index contributed by atoms with van der Waals surface area (Å²) in [6.07, 6.45) is 3.19. The van der Waals surface area contributed by atoms with Crippen LogP contribution in [-0.2, 0) is 4.79 Å². The van der Waals surface area contributed by atoms with Crippen LogP contribution < -0.4 is 0 Å². The minimum Gasteiger partial charge on any atom is -0.303 e. The predicted molar refractivity (Wildman–Crippen MR) is 77.8 cm³/mol. The van der Waals surface area contributed by atoms with E-state index in [-0.39, 0.29) is 5.78 Å². The molecular formula is C13H19N3OS2. The molecular weight excluding hydrogens is 278 g/mol. The lowest BCUT2D eigenvalue weighted by atomic mass is 9.78. The molecule has 4 heterocycles. The van der Waals surface area contributed by atoms with Crippen LogP contribution in [0.1, 0.15) is 37.8 Å². The van der Waals surface area contributed by atoms with Crippen molar-refractivity contribution in [2.75, 3.05) is 25.4 Å². The molecule has 2 bridgehead atoms. The Balaban J connectivity index is 1.71. The first-order chi connectivity index (χ1) is 9.28. The normalized spacial score (nSPS) is 29.6. The Morgan fingerprint density at radius 1 is 1.42 bits per heavy atom. The Labute approximate surface area is 122 Å². The fourth-order valence-corrected chi connectivity index (χ4v) is 4.77. The zero-order valence-electron chi connectivity index (χ0n) is 11.2. The third-order valence-corrected chi connectivity index (χ3v) is 5.95. The average Bonchev–Trinajstić information content (AvgIpc) is 2.94. The largest absolute Gasteiger partial charge is 0.303 e. The highest BCUT2D eigenvalue weighted by atomic mass is 32.2. The van der Waals surface area contributed by atoms with Gasteiger partial charge in [-0.05, 0) is 31.8 Å². The van der Waals surface area contributed by atoms with Gasteiger partial charge in [0.1, 0.15) is 10.8 Å². The van der Waals surface area contributed by atoms with Gasteiger partial charge in [0.25, 0.3) is 0 Å². The van der Waals surface area contributed by atoms with E-state index in [0.717, 1.165) is 23.2 Å². The maximum absolute atomic E-state index is 11.4. The molecule has 0 spiro atoms. The highest BCUT2D eigenvalue weighted by Gasteiger charge is 2.37. The first-order valence-electron chi connectivity index (χ1n) is 6.97. The second-order valence-electron chi connectivity index (χ2n) is 5.38. The van der Waals surface area contributed by atoms with Crippen LogP contribution in [-0.4, -0.2) is 44.8 Å².